The molecule has 5 heteroatoms. The Morgan fingerprint density at radius 3 is 2.70 bits per heavy atom. The Balaban J connectivity index is 2.40. The van der Waals surface area contributed by atoms with Crippen LogP contribution in [-0.4, -0.2) is 11.1 Å². The molecule has 0 saturated carbocycles. The Labute approximate surface area is 129 Å². The third-order valence-corrected chi connectivity index (χ3v) is 4.27. The molecule has 0 unspecified atom stereocenters. The number of benzene rings is 2. The third kappa shape index (κ3) is 3.21. The SMILES string of the molecule is Cc1ccc(Sc2cc(Br)ccc2C#N)cc1C(=O)O. The number of carboxylic acid groups (broad SMARTS) is 1. The molecule has 1 N–H and O–H groups in total. The summed E-state index contributed by atoms with van der Waals surface area (Å²) in [5.74, 6) is -0.945. The highest BCUT2D eigenvalue weighted by Crippen LogP contribution is 2.33. The maximum absolute atomic E-state index is 11.1. The van der Waals surface area contributed by atoms with Gasteiger partial charge in [-0.1, -0.05) is 33.8 Å². The van der Waals surface area contributed by atoms with Crippen molar-refractivity contribution in [1.82, 2.24) is 0 Å². The Morgan fingerprint density at radius 2 is 2.05 bits per heavy atom. The van der Waals surface area contributed by atoms with Gasteiger partial charge < -0.3 is 5.11 Å². The van der Waals surface area contributed by atoms with Gasteiger partial charge in [-0.3, -0.25) is 0 Å². The maximum atomic E-state index is 11.1. The minimum atomic E-state index is -0.945. The molecular weight excluding hydrogens is 338 g/mol. The Morgan fingerprint density at radius 1 is 1.30 bits per heavy atom. The molecule has 0 atom stereocenters. The van der Waals surface area contributed by atoms with Crippen LogP contribution in [-0.2, 0) is 0 Å². The highest BCUT2D eigenvalue weighted by molar-refractivity contribution is 9.10. The van der Waals surface area contributed by atoms with Gasteiger partial charge in [-0.25, -0.2) is 4.79 Å². The van der Waals surface area contributed by atoms with Gasteiger partial charge >= 0.3 is 5.97 Å². The molecule has 0 aromatic heterocycles. The molecule has 2 aromatic carbocycles. The fourth-order valence-corrected chi connectivity index (χ4v) is 3.18. The summed E-state index contributed by atoms with van der Waals surface area (Å²) in [5, 5.41) is 18.2. The smallest absolute Gasteiger partial charge is 0.335 e. The van der Waals surface area contributed by atoms with Crippen molar-refractivity contribution in [2.75, 3.05) is 0 Å². The van der Waals surface area contributed by atoms with E-state index in [0.717, 1.165) is 19.8 Å². The predicted octanol–water partition coefficient (Wildman–Crippen LogP) is 4.48. The van der Waals surface area contributed by atoms with Crippen LogP contribution in [0.5, 0.6) is 0 Å². The molecule has 0 aliphatic carbocycles. The van der Waals surface area contributed by atoms with Crippen molar-refractivity contribution in [3.8, 4) is 6.07 Å². The summed E-state index contributed by atoms with van der Waals surface area (Å²) < 4.78 is 0.879. The van der Waals surface area contributed by atoms with E-state index in [1.807, 2.05) is 12.1 Å². The van der Waals surface area contributed by atoms with Gasteiger partial charge in [-0.15, -0.1) is 0 Å². The van der Waals surface area contributed by atoms with Crippen LogP contribution in [0.4, 0.5) is 0 Å². The first-order valence-corrected chi connectivity index (χ1v) is 7.33. The lowest BCUT2D eigenvalue weighted by atomic mass is 10.1. The lowest BCUT2D eigenvalue weighted by Gasteiger charge is -2.07. The van der Waals surface area contributed by atoms with Gasteiger partial charge in [0.2, 0.25) is 0 Å². The number of aromatic carboxylic acids is 1. The molecule has 0 saturated heterocycles. The van der Waals surface area contributed by atoms with E-state index in [1.54, 1.807) is 31.2 Å². The van der Waals surface area contributed by atoms with Gasteiger partial charge in [0.1, 0.15) is 6.07 Å². The fourth-order valence-electron chi connectivity index (χ4n) is 1.69. The highest BCUT2D eigenvalue weighted by Gasteiger charge is 2.10. The van der Waals surface area contributed by atoms with E-state index >= 15 is 0 Å². The molecule has 0 aliphatic heterocycles. The number of carboxylic acids is 1. The second-order valence-corrected chi connectivity index (χ2v) is 6.17. The number of halogens is 1. The number of rotatable bonds is 3. The second-order valence-electron chi connectivity index (χ2n) is 4.14. The number of carbonyl (C=O) groups is 1. The molecule has 0 heterocycles. The van der Waals surface area contributed by atoms with Crippen LogP contribution in [0.3, 0.4) is 0 Å². The summed E-state index contributed by atoms with van der Waals surface area (Å²) in [6, 6.07) is 12.8. The van der Waals surface area contributed by atoms with Crippen LogP contribution in [0.25, 0.3) is 0 Å². The van der Waals surface area contributed by atoms with Crippen molar-refractivity contribution < 1.29 is 9.90 Å². The number of aryl methyl sites for hydroxylation is 1. The summed E-state index contributed by atoms with van der Waals surface area (Å²) in [6.07, 6.45) is 0. The average molecular weight is 348 g/mol. The first-order chi connectivity index (χ1) is 9.51. The van der Waals surface area contributed by atoms with Gasteiger partial charge in [-0.05, 0) is 42.8 Å². The Bertz CT molecular complexity index is 722. The zero-order valence-electron chi connectivity index (χ0n) is 10.6. The Hall–Kier alpha value is -1.77. The molecular formula is C15H10BrNO2S. The minimum absolute atomic E-state index is 0.281. The topological polar surface area (TPSA) is 61.1 Å². The first-order valence-electron chi connectivity index (χ1n) is 5.72. The molecule has 2 aromatic rings. The lowest BCUT2D eigenvalue weighted by molar-refractivity contribution is 0.0696. The number of nitriles is 1. The molecule has 0 radical (unpaired) electrons. The summed E-state index contributed by atoms with van der Waals surface area (Å²) in [6.45, 7) is 1.76. The number of hydrogen-bond acceptors (Lipinski definition) is 3. The van der Waals surface area contributed by atoms with Gasteiger partial charge in [-0.2, -0.15) is 5.26 Å². The van der Waals surface area contributed by atoms with Gasteiger partial charge in [0, 0.05) is 14.3 Å². The summed E-state index contributed by atoms with van der Waals surface area (Å²) in [7, 11) is 0. The van der Waals surface area contributed by atoms with Gasteiger partial charge in [0.25, 0.3) is 0 Å². The van der Waals surface area contributed by atoms with Crippen molar-refractivity contribution in [2.45, 2.75) is 16.7 Å². The van der Waals surface area contributed by atoms with Crippen LogP contribution < -0.4 is 0 Å². The molecule has 100 valence electrons. The quantitative estimate of drug-likeness (QED) is 0.889. The second kappa shape index (κ2) is 6.12. The van der Waals surface area contributed by atoms with Gasteiger partial charge in [0.15, 0.2) is 0 Å². The van der Waals surface area contributed by atoms with Crippen LogP contribution in [0, 0.1) is 18.3 Å². The monoisotopic (exact) mass is 347 g/mol. The Kier molecular flexibility index (Phi) is 4.48. The zero-order valence-corrected chi connectivity index (χ0v) is 13.0. The van der Waals surface area contributed by atoms with Gasteiger partial charge in [0.05, 0.1) is 11.1 Å². The normalized spacial score (nSPS) is 10.1. The maximum Gasteiger partial charge on any atom is 0.335 e. The summed E-state index contributed by atoms with van der Waals surface area (Å²) in [4.78, 5) is 12.7. The van der Waals surface area contributed by atoms with E-state index in [-0.39, 0.29) is 5.56 Å². The van der Waals surface area contributed by atoms with Crippen LogP contribution in [0.2, 0.25) is 0 Å². The first kappa shape index (κ1) is 14.6. The van der Waals surface area contributed by atoms with Crippen molar-refractivity contribution >= 4 is 33.7 Å². The van der Waals surface area contributed by atoms with E-state index in [1.165, 1.54) is 11.8 Å². The number of nitrogens with zero attached hydrogens (tertiary/aromatic N) is 1. The van der Waals surface area contributed by atoms with Crippen LogP contribution >= 0.6 is 27.7 Å². The van der Waals surface area contributed by atoms with E-state index in [2.05, 4.69) is 22.0 Å². The summed E-state index contributed by atoms with van der Waals surface area (Å²) in [5.41, 5.74) is 1.57. The lowest BCUT2D eigenvalue weighted by Crippen LogP contribution is -1.99. The van der Waals surface area contributed by atoms with Crippen molar-refractivity contribution in [3.63, 3.8) is 0 Å². The van der Waals surface area contributed by atoms with E-state index in [4.69, 9.17) is 10.4 Å². The zero-order chi connectivity index (χ0) is 14.7. The van der Waals surface area contributed by atoms with E-state index in [0.29, 0.717) is 5.56 Å². The minimum Gasteiger partial charge on any atom is -0.478 e. The third-order valence-electron chi connectivity index (χ3n) is 2.73. The van der Waals surface area contributed by atoms with E-state index in [9.17, 15) is 4.79 Å². The largest absolute Gasteiger partial charge is 0.478 e. The molecule has 0 bridgehead atoms. The molecule has 0 aliphatic rings. The standard InChI is InChI=1S/C15H10BrNO2S/c1-9-2-5-12(7-13(9)15(18)19)20-14-6-11(16)4-3-10(14)8-17/h2-7H,1H3,(H,18,19). The van der Waals surface area contributed by atoms with Crippen molar-refractivity contribution in [2.24, 2.45) is 0 Å². The molecule has 2 rings (SSSR count). The van der Waals surface area contributed by atoms with Crippen molar-refractivity contribution in [3.05, 3.63) is 57.6 Å². The number of hydrogen-bond donors (Lipinski definition) is 1. The van der Waals surface area contributed by atoms with Crippen LogP contribution in [0.15, 0.2) is 50.7 Å². The molecule has 0 amide bonds. The molecule has 0 fully saturated rings. The highest BCUT2D eigenvalue weighted by atomic mass is 79.9. The molecule has 3 nitrogen and oxygen atoms in total. The average Bonchev–Trinajstić information content (AvgIpc) is 2.41. The van der Waals surface area contributed by atoms with Crippen LogP contribution in [0.1, 0.15) is 21.5 Å². The fraction of sp³-hybridized carbons (Fsp3) is 0.0667. The van der Waals surface area contributed by atoms with E-state index < -0.39 is 5.97 Å². The molecule has 0 spiro atoms. The molecule has 20 heavy (non-hydrogen) atoms. The van der Waals surface area contributed by atoms with Crippen molar-refractivity contribution in [1.29, 1.82) is 5.26 Å². The predicted molar refractivity (Wildman–Crippen MR) is 81.1 cm³/mol. The summed E-state index contributed by atoms with van der Waals surface area (Å²) >= 11 is 4.75.